The molecule has 0 aromatic heterocycles. The van der Waals surface area contributed by atoms with Gasteiger partial charge in [-0.3, -0.25) is 4.79 Å². The zero-order valence-corrected chi connectivity index (χ0v) is 13.2. The third kappa shape index (κ3) is 4.06. The normalized spacial score (nSPS) is 13.3. The van der Waals surface area contributed by atoms with Crippen LogP contribution in [-0.2, 0) is 4.79 Å². The zero-order chi connectivity index (χ0) is 15.7. The SMILES string of the molecule is CC.CC.O=C1Nc2ccccc2/C1=C/c1ccccc1. The molecule has 110 valence electrons. The number of nitrogens with one attached hydrogen (secondary N) is 1. The van der Waals surface area contributed by atoms with Crippen LogP contribution in [0, 0.1) is 0 Å². The van der Waals surface area contributed by atoms with Crippen molar-refractivity contribution in [1.82, 2.24) is 0 Å². The summed E-state index contributed by atoms with van der Waals surface area (Å²) in [5.41, 5.74) is 3.63. The van der Waals surface area contributed by atoms with Gasteiger partial charge in [-0.1, -0.05) is 76.2 Å². The molecule has 2 heteroatoms. The van der Waals surface area contributed by atoms with Crippen molar-refractivity contribution >= 4 is 23.2 Å². The van der Waals surface area contributed by atoms with E-state index in [2.05, 4.69) is 5.32 Å². The van der Waals surface area contributed by atoms with Gasteiger partial charge in [-0.05, 0) is 17.7 Å². The first kappa shape index (κ1) is 16.7. The van der Waals surface area contributed by atoms with Gasteiger partial charge in [-0.15, -0.1) is 0 Å². The standard InChI is InChI=1S/C15H11NO.2C2H6/c17-15-13(10-11-6-2-1-3-7-11)12-8-4-5-9-14(12)16-15;2*1-2/h1-10H,(H,16,17);2*1-2H3/b13-10-;;. The minimum absolute atomic E-state index is 0.0324. The highest BCUT2D eigenvalue weighted by Crippen LogP contribution is 2.32. The van der Waals surface area contributed by atoms with Crippen molar-refractivity contribution in [1.29, 1.82) is 0 Å². The van der Waals surface area contributed by atoms with Crippen LogP contribution < -0.4 is 5.32 Å². The predicted molar refractivity (Wildman–Crippen MR) is 92.1 cm³/mol. The van der Waals surface area contributed by atoms with E-state index in [-0.39, 0.29) is 5.91 Å². The minimum Gasteiger partial charge on any atom is -0.321 e. The average molecular weight is 281 g/mol. The highest BCUT2D eigenvalue weighted by Gasteiger charge is 2.22. The van der Waals surface area contributed by atoms with Crippen molar-refractivity contribution < 1.29 is 4.79 Å². The number of carbonyl (C=O) groups is 1. The average Bonchev–Trinajstić information content (AvgIpc) is 2.88. The molecule has 1 aliphatic heterocycles. The molecule has 0 saturated carbocycles. The molecule has 2 aromatic carbocycles. The Hall–Kier alpha value is -2.35. The predicted octanol–water partition coefficient (Wildman–Crippen LogP) is 5.23. The van der Waals surface area contributed by atoms with Crippen LogP contribution in [0.1, 0.15) is 38.8 Å². The number of hydrogen-bond donors (Lipinski definition) is 1. The van der Waals surface area contributed by atoms with E-state index < -0.39 is 0 Å². The van der Waals surface area contributed by atoms with E-state index in [0.29, 0.717) is 0 Å². The highest BCUT2D eigenvalue weighted by atomic mass is 16.2. The molecule has 1 N–H and O–H groups in total. The lowest BCUT2D eigenvalue weighted by Crippen LogP contribution is -2.03. The van der Waals surface area contributed by atoms with Gasteiger partial charge in [0.15, 0.2) is 0 Å². The Balaban J connectivity index is 0.000000510. The summed E-state index contributed by atoms with van der Waals surface area (Å²) in [6, 6.07) is 17.6. The fraction of sp³-hybridized carbons (Fsp3) is 0.211. The Morgan fingerprint density at radius 2 is 1.38 bits per heavy atom. The molecule has 0 atom stereocenters. The van der Waals surface area contributed by atoms with Crippen molar-refractivity contribution in [2.45, 2.75) is 27.7 Å². The van der Waals surface area contributed by atoms with Gasteiger partial charge in [-0.2, -0.15) is 0 Å². The van der Waals surface area contributed by atoms with Gasteiger partial charge in [0, 0.05) is 16.8 Å². The lowest BCUT2D eigenvalue weighted by molar-refractivity contribution is -0.110. The topological polar surface area (TPSA) is 29.1 Å². The molecule has 0 saturated heterocycles. The van der Waals surface area contributed by atoms with Crippen molar-refractivity contribution in [3.05, 3.63) is 65.7 Å². The van der Waals surface area contributed by atoms with E-state index in [1.807, 2.05) is 88.4 Å². The van der Waals surface area contributed by atoms with Crippen LogP contribution in [0.25, 0.3) is 11.6 Å². The maximum Gasteiger partial charge on any atom is 0.256 e. The van der Waals surface area contributed by atoms with Gasteiger partial charge in [0.1, 0.15) is 0 Å². The smallest absolute Gasteiger partial charge is 0.256 e. The van der Waals surface area contributed by atoms with Crippen LogP contribution in [0.2, 0.25) is 0 Å². The summed E-state index contributed by atoms with van der Waals surface area (Å²) in [6.45, 7) is 8.00. The van der Waals surface area contributed by atoms with Gasteiger partial charge in [0.2, 0.25) is 0 Å². The molecule has 1 amide bonds. The summed E-state index contributed by atoms with van der Waals surface area (Å²) in [5, 5.41) is 2.86. The van der Waals surface area contributed by atoms with Crippen molar-refractivity contribution in [3.63, 3.8) is 0 Å². The first-order valence-corrected chi connectivity index (χ1v) is 7.52. The molecule has 0 radical (unpaired) electrons. The van der Waals surface area contributed by atoms with Crippen molar-refractivity contribution in [3.8, 4) is 0 Å². The first-order valence-electron chi connectivity index (χ1n) is 7.52. The fourth-order valence-electron chi connectivity index (χ4n) is 2.00. The van der Waals surface area contributed by atoms with Gasteiger partial charge < -0.3 is 5.32 Å². The summed E-state index contributed by atoms with van der Waals surface area (Å²) in [4.78, 5) is 11.9. The molecule has 3 rings (SSSR count). The van der Waals surface area contributed by atoms with E-state index in [0.717, 1.165) is 22.4 Å². The maximum absolute atomic E-state index is 11.9. The van der Waals surface area contributed by atoms with Gasteiger partial charge in [0.25, 0.3) is 5.91 Å². The molecule has 0 unspecified atom stereocenters. The molecule has 1 heterocycles. The number of rotatable bonds is 1. The monoisotopic (exact) mass is 281 g/mol. The third-order valence-corrected chi connectivity index (χ3v) is 2.82. The number of fused-ring (bicyclic) bond motifs is 1. The quantitative estimate of drug-likeness (QED) is 0.712. The number of para-hydroxylation sites is 1. The number of anilines is 1. The first-order chi connectivity index (χ1) is 10.3. The minimum atomic E-state index is -0.0324. The summed E-state index contributed by atoms with van der Waals surface area (Å²) < 4.78 is 0. The fourth-order valence-corrected chi connectivity index (χ4v) is 2.00. The Labute approximate surface area is 127 Å². The second kappa shape index (κ2) is 8.75. The third-order valence-electron chi connectivity index (χ3n) is 2.82. The molecule has 2 aromatic rings. The molecule has 0 aliphatic carbocycles. The summed E-state index contributed by atoms with van der Waals surface area (Å²) in [5.74, 6) is -0.0324. The zero-order valence-electron chi connectivity index (χ0n) is 13.2. The maximum atomic E-state index is 11.9. The van der Waals surface area contributed by atoms with Crippen LogP contribution >= 0.6 is 0 Å². The van der Waals surface area contributed by atoms with E-state index in [1.165, 1.54) is 0 Å². The van der Waals surface area contributed by atoms with E-state index in [1.54, 1.807) is 0 Å². The van der Waals surface area contributed by atoms with Gasteiger partial charge in [0.05, 0.1) is 0 Å². The van der Waals surface area contributed by atoms with Crippen LogP contribution in [0.3, 0.4) is 0 Å². The molecule has 1 aliphatic rings. The van der Waals surface area contributed by atoms with E-state index in [9.17, 15) is 4.79 Å². The molecular weight excluding hydrogens is 258 g/mol. The van der Waals surface area contributed by atoms with Crippen LogP contribution in [0.4, 0.5) is 5.69 Å². The molecule has 0 fully saturated rings. The Kier molecular flexibility index (Phi) is 6.96. The molecule has 2 nitrogen and oxygen atoms in total. The number of hydrogen-bond acceptors (Lipinski definition) is 1. The van der Waals surface area contributed by atoms with Gasteiger partial charge in [-0.25, -0.2) is 0 Å². The molecule has 0 bridgehead atoms. The second-order valence-electron chi connectivity index (χ2n) is 3.97. The van der Waals surface area contributed by atoms with E-state index >= 15 is 0 Å². The summed E-state index contributed by atoms with van der Waals surface area (Å²) >= 11 is 0. The summed E-state index contributed by atoms with van der Waals surface area (Å²) in [7, 11) is 0. The van der Waals surface area contributed by atoms with E-state index in [4.69, 9.17) is 0 Å². The Morgan fingerprint density at radius 3 is 2.05 bits per heavy atom. The molecular formula is C19H23NO. The molecule has 21 heavy (non-hydrogen) atoms. The van der Waals surface area contributed by atoms with Crippen LogP contribution in [0.15, 0.2) is 54.6 Å². The largest absolute Gasteiger partial charge is 0.321 e. The molecule has 0 spiro atoms. The Morgan fingerprint density at radius 1 is 0.810 bits per heavy atom. The number of carbonyl (C=O) groups excluding carboxylic acids is 1. The Bertz CT molecular complexity index is 600. The summed E-state index contributed by atoms with van der Waals surface area (Å²) in [6.07, 6.45) is 1.92. The highest BCUT2D eigenvalue weighted by molar-refractivity contribution is 6.34. The number of benzene rings is 2. The van der Waals surface area contributed by atoms with Crippen LogP contribution in [-0.4, -0.2) is 5.91 Å². The van der Waals surface area contributed by atoms with Crippen molar-refractivity contribution in [2.75, 3.05) is 5.32 Å². The lowest BCUT2D eigenvalue weighted by Gasteiger charge is -1.97. The van der Waals surface area contributed by atoms with Crippen LogP contribution in [0.5, 0.6) is 0 Å². The van der Waals surface area contributed by atoms with Crippen molar-refractivity contribution in [2.24, 2.45) is 0 Å². The van der Waals surface area contributed by atoms with Gasteiger partial charge >= 0.3 is 0 Å². The second-order valence-corrected chi connectivity index (χ2v) is 3.97. The number of amides is 1. The lowest BCUT2D eigenvalue weighted by atomic mass is 10.0.